The van der Waals surface area contributed by atoms with E-state index in [9.17, 15) is 19.7 Å². The smallest absolute Gasteiger partial charge is 0.269 e. The number of carbonyl (C=O) groups excluding carboxylic acids is 2. The predicted octanol–water partition coefficient (Wildman–Crippen LogP) is 2.08. The minimum Gasteiger partial charge on any atom is -0.299 e. The van der Waals surface area contributed by atoms with Crippen LogP contribution in [0.1, 0.15) is 24.8 Å². The van der Waals surface area contributed by atoms with Gasteiger partial charge in [0.2, 0.25) is 0 Å². The molecule has 0 atom stereocenters. The van der Waals surface area contributed by atoms with Crippen LogP contribution in [0, 0.1) is 16.0 Å². The molecule has 94 valence electrons. The Balaban J connectivity index is 2.11. The lowest BCUT2D eigenvalue weighted by Gasteiger charge is -2.19. The molecule has 0 radical (unpaired) electrons. The fourth-order valence-electron chi connectivity index (χ4n) is 2.18. The summed E-state index contributed by atoms with van der Waals surface area (Å²) in [6.45, 7) is 0. The van der Waals surface area contributed by atoms with Crippen LogP contribution >= 0.6 is 0 Å². The fourth-order valence-corrected chi connectivity index (χ4v) is 2.18. The number of ketones is 2. The highest BCUT2D eigenvalue weighted by Crippen LogP contribution is 2.22. The summed E-state index contributed by atoms with van der Waals surface area (Å²) in [6.07, 6.45) is 1.93. The molecule has 0 aliphatic heterocycles. The Kier molecular flexibility index (Phi) is 3.50. The molecule has 0 unspecified atom stereocenters. The van der Waals surface area contributed by atoms with Gasteiger partial charge in [0.1, 0.15) is 11.6 Å². The minimum absolute atomic E-state index is 0.00963. The Morgan fingerprint density at radius 3 is 2.17 bits per heavy atom. The van der Waals surface area contributed by atoms with E-state index >= 15 is 0 Å². The average molecular weight is 247 g/mol. The molecule has 1 fully saturated rings. The SMILES string of the molecule is O=C1CCCC(=O)C1Cc1ccc([N+](=O)[O-])cc1. The van der Waals surface area contributed by atoms with E-state index in [0.717, 1.165) is 5.56 Å². The van der Waals surface area contributed by atoms with Crippen molar-refractivity contribution in [2.45, 2.75) is 25.7 Å². The van der Waals surface area contributed by atoms with Gasteiger partial charge in [0.25, 0.3) is 5.69 Å². The summed E-state index contributed by atoms with van der Waals surface area (Å²) < 4.78 is 0. The second kappa shape index (κ2) is 5.08. The van der Waals surface area contributed by atoms with Crippen LogP contribution in [-0.2, 0) is 16.0 Å². The lowest BCUT2D eigenvalue weighted by Crippen LogP contribution is -2.30. The highest BCUT2D eigenvalue weighted by atomic mass is 16.6. The van der Waals surface area contributed by atoms with Gasteiger partial charge >= 0.3 is 0 Å². The van der Waals surface area contributed by atoms with Gasteiger partial charge in [-0.3, -0.25) is 19.7 Å². The molecule has 1 aliphatic carbocycles. The lowest BCUT2D eigenvalue weighted by molar-refractivity contribution is -0.384. The molecule has 2 rings (SSSR count). The topological polar surface area (TPSA) is 77.3 Å². The first-order valence-corrected chi connectivity index (χ1v) is 5.86. The summed E-state index contributed by atoms with van der Waals surface area (Å²) in [5.74, 6) is -0.575. The summed E-state index contributed by atoms with van der Waals surface area (Å²) in [6, 6.07) is 6.00. The number of benzene rings is 1. The normalized spacial score (nSPS) is 16.9. The monoisotopic (exact) mass is 247 g/mol. The van der Waals surface area contributed by atoms with E-state index in [-0.39, 0.29) is 17.3 Å². The van der Waals surface area contributed by atoms with Gasteiger partial charge in [-0.2, -0.15) is 0 Å². The molecule has 1 aromatic rings. The first kappa shape index (κ1) is 12.4. The van der Waals surface area contributed by atoms with Crippen molar-refractivity contribution in [2.24, 2.45) is 5.92 Å². The Hall–Kier alpha value is -2.04. The number of Topliss-reactive ketones (excluding diaryl/α,β-unsaturated/α-hetero) is 2. The molecule has 5 heteroatoms. The summed E-state index contributed by atoms with van der Waals surface area (Å²) in [4.78, 5) is 33.3. The second-order valence-electron chi connectivity index (χ2n) is 4.47. The number of hydrogen-bond donors (Lipinski definition) is 0. The molecule has 1 saturated carbocycles. The molecule has 0 saturated heterocycles. The van der Waals surface area contributed by atoms with Gasteiger partial charge in [0.15, 0.2) is 0 Å². The Morgan fingerprint density at radius 2 is 1.67 bits per heavy atom. The molecular weight excluding hydrogens is 234 g/mol. The quantitative estimate of drug-likeness (QED) is 0.465. The van der Waals surface area contributed by atoms with Gasteiger partial charge in [-0.05, 0) is 18.4 Å². The van der Waals surface area contributed by atoms with Crippen LogP contribution in [0.2, 0.25) is 0 Å². The molecule has 0 amide bonds. The number of hydrogen-bond acceptors (Lipinski definition) is 4. The number of nitrogens with zero attached hydrogens (tertiary/aromatic N) is 1. The number of nitro benzene ring substituents is 1. The summed E-state index contributed by atoms with van der Waals surface area (Å²) in [5.41, 5.74) is 0.800. The molecule has 1 aliphatic rings. The van der Waals surface area contributed by atoms with Crippen LogP contribution in [-0.4, -0.2) is 16.5 Å². The molecule has 0 spiro atoms. The van der Waals surface area contributed by atoms with E-state index in [2.05, 4.69) is 0 Å². The van der Waals surface area contributed by atoms with Crippen LogP contribution in [0.25, 0.3) is 0 Å². The van der Waals surface area contributed by atoms with Crippen LogP contribution < -0.4 is 0 Å². The van der Waals surface area contributed by atoms with Crippen molar-refractivity contribution in [3.8, 4) is 0 Å². The largest absolute Gasteiger partial charge is 0.299 e. The Labute approximate surface area is 104 Å². The number of rotatable bonds is 3. The van der Waals surface area contributed by atoms with Crippen LogP contribution in [0.5, 0.6) is 0 Å². The maximum atomic E-state index is 11.7. The molecule has 0 bridgehead atoms. The maximum Gasteiger partial charge on any atom is 0.269 e. The first-order chi connectivity index (χ1) is 8.58. The molecule has 18 heavy (non-hydrogen) atoms. The van der Waals surface area contributed by atoms with Gasteiger partial charge in [-0.25, -0.2) is 0 Å². The van der Waals surface area contributed by atoms with Gasteiger partial charge < -0.3 is 0 Å². The molecule has 5 nitrogen and oxygen atoms in total. The lowest BCUT2D eigenvalue weighted by atomic mass is 9.82. The molecule has 0 heterocycles. The molecule has 0 N–H and O–H groups in total. The van der Waals surface area contributed by atoms with E-state index in [4.69, 9.17) is 0 Å². The van der Waals surface area contributed by atoms with E-state index in [1.807, 2.05) is 0 Å². The van der Waals surface area contributed by atoms with Gasteiger partial charge in [0.05, 0.1) is 10.8 Å². The third kappa shape index (κ3) is 2.61. The summed E-state index contributed by atoms with van der Waals surface area (Å²) in [5, 5.41) is 10.5. The van der Waals surface area contributed by atoms with E-state index < -0.39 is 10.8 Å². The zero-order chi connectivity index (χ0) is 13.1. The van der Waals surface area contributed by atoms with Gasteiger partial charge in [0, 0.05) is 25.0 Å². The number of nitro groups is 1. The van der Waals surface area contributed by atoms with Gasteiger partial charge in [-0.1, -0.05) is 12.1 Å². The standard InChI is InChI=1S/C13H13NO4/c15-12-2-1-3-13(16)11(12)8-9-4-6-10(7-5-9)14(17)18/h4-7,11H,1-3,8H2. The highest BCUT2D eigenvalue weighted by Gasteiger charge is 2.29. The Bertz CT molecular complexity index is 476. The number of non-ortho nitro benzene ring substituents is 1. The second-order valence-corrected chi connectivity index (χ2v) is 4.47. The summed E-state index contributed by atoms with van der Waals surface area (Å²) in [7, 11) is 0. The molecule has 0 aromatic heterocycles. The van der Waals surface area contributed by atoms with Crippen LogP contribution in [0.15, 0.2) is 24.3 Å². The third-order valence-corrected chi connectivity index (χ3v) is 3.21. The zero-order valence-electron chi connectivity index (χ0n) is 9.80. The van der Waals surface area contributed by atoms with Crippen molar-refractivity contribution >= 4 is 17.3 Å². The van der Waals surface area contributed by atoms with Crippen molar-refractivity contribution in [2.75, 3.05) is 0 Å². The van der Waals surface area contributed by atoms with Gasteiger partial charge in [-0.15, -0.1) is 0 Å². The van der Waals surface area contributed by atoms with E-state index in [0.29, 0.717) is 25.7 Å². The van der Waals surface area contributed by atoms with Crippen molar-refractivity contribution in [1.82, 2.24) is 0 Å². The minimum atomic E-state index is -0.555. The molecule has 1 aromatic carbocycles. The molecular formula is C13H13NO4. The van der Waals surface area contributed by atoms with Crippen molar-refractivity contribution in [3.63, 3.8) is 0 Å². The van der Waals surface area contributed by atoms with Crippen LogP contribution in [0.3, 0.4) is 0 Å². The van der Waals surface area contributed by atoms with Crippen molar-refractivity contribution in [3.05, 3.63) is 39.9 Å². The van der Waals surface area contributed by atoms with Crippen LogP contribution in [0.4, 0.5) is 5.69 Å². The van der Waals surface area contributed by atoms with Crippen molar-refractivity contribution < 1.29 is 14.5 Å². The first-order valence-electron chi connectivity index (χ1n) is 5.86. The van der Waals surface area contributed by atoms with Crippen molar-refractivity contribution in [1.29, 1.82) is 0 Å². The average Bonchev–Trinajstić information content (AvgIpc) is 2.34. The predicted molar refractivity (Wildman–Crippen MR) is 64.2 cm³/mol. The number of carbonyl (C=O) groups is 2. The van der Waals surface area contributed by atoms with E-state index in [1.165, 1.54) is 12.1 Å². The fraction of sp³-hybridized carbons (Fsp3) is 0.385. The Morgan fingerprint density at radius 1 is 1.11 bits per heavy atom. The maximum absolute atomic E-state index is 11.7. The zero-order valence-corrected chi connectivity index (χ0v) is 9.80. The highest BCUT2D eigenvalue weighted by molar-refractivity contribution is 6.04. The third-order valence-electron chi connectivity index (χ3n) is 3.21. The summed E-state index contributed by atoms with van der Waals surface area (Å²) >= 11 is 0. The van der Waals surface area contributed by atoms with E-state index in [1.54, 1.807) is 12.1 Å².